The van der Waals surface area contributed by atoms with Crippen LogP contribution in [0.5, 0.6) is 11.5 Å². The van der Waals surface area contributed by atoms with Gasteiger partial charge < -0.3 is 29.2 Å². The molecule has 0 saturated carbocycles. The maximum absolute atomic E-state index is 13.2. The molecule has 5 rings (SSSR count). The summed E-state index contributed by atoms with van der Waals surface area (Å²) in [4.78, 5) is 15.0. The molecule has 11 heteroatoms. The van der Waals surface area contributed by atoms with E-state index in [0.29, 0.717) is 69.8 Å². The third kappa shape index (κ3) is 5.27. The van der Waals surface area contributed by atoms with E-state index in [1.807, 2.05) is 6.07 Å². The minimum absolute atomic E-state index is 0.131. The third-order valence-corrected chi connectivity index (χ3v) is 7.90. The summed E-state index contributed by atoms with van der Waals surface area (Å²) >= 11 is 0. The fraction of sp³-hybridized carbons (Fsp3) is 0.375. The van der Waals surface area contributed by atoms with Crippen molar-refractivity contribution >= 4 is 33.4 Å². The van der Waals surface area contributed by atoms with E-state index in [9.17, 15) is 13.2 Å². The minimum Gasteiger partial charge on any atom is -0.454 e. The Morgan fingerprint density at radius 3 is 2.37 bits per heavy atom. The Morgan fingerprint density at radius 2 is 1.60 bits per heavy atom. The number of ether oxygens (including phenoxy) is 4. The lowest BCUT2D eigenvalue weighted by molar-refractivity contribution is -0.111. The Balaban J connectivity index is 1.39. The monoisotopic (exact) mass is 501 g/mol. The number of carbonyl (C=O) groups is 1. The molecule has 2 fully saturated rings. The molecule has 3 aliphatic heterocycles. The molecule has 2 saturated heterocycles. The summed E-state index contributed by atoms with van der Waals surface area (Å²) in [6.45, 7) is 3.91. The highest BCUT2D eigenvalue weighted by atomic mass is 32.2. The lowest BCUT2D eigenvalue weighted by Gasteiger charge is -2.31. The first kappa shape index (κ1) is 23.6. The van der Waals surface area contributed by atoms with Gasteiger partial charge in [0, 0.05) is 32.3 Å². The Labute approximate surface area is 204 Å². The number of carbonyl (C=O) groups excluding carboxylic acids is 1. The first-order valence-corrected chi connectivity index (χ1v) is 12.9. The highest BCUT2D eigenvalue weighted by Crippen LogP contribution is 2.33. The second kappa shape index (κ2) is 10.2. The molecule has 10 nitrogen and oxygen atoms in total. The molecule has 1 N–H and O–H groups in total. The fourth-order valence-electron chi connectivity index (χ4n) is 4.15. The van der Waals surface area contributed by atoms with E-state index in [-0.39, 0.29) is 17.6 Å². The van der Waals surface area contributed by atoms with Crippen LogP contribution in [0.3, 0.4) is 0 Å². The van der Waals surface area contributed by atoms with Gasteiger partial charge in [-0.1, -0.05) is 6.07 Å². The van der Waals surface area contributed by atoms with Crippen molar-refractivity contribution in [3.05, 3.63) is 48.0 Å². The number of morpholine rings is 2. The maximum Gasteiger partial charge on any atom is 0.248 e. The van der Waals surface area contributed by atoms with Crippen molar-refractivity contribution < 1.29 is 32.2 Å². The number of fused-ring (bicyclic) bond motifs is 1. The van der Waals surface area contributed by atoms with E-state index in [1.165, 1.54) is 16.4 Å². The number of amides is 1. The summed E-state index contributed by atoms with van der Waals surface area (Å²) in [6.07, 6.45) is 3.07. The van der Waals surface area contributed by atoms with Gasteiger partial charge in [-0.2, -0.15) is 4.31 Å². The number of benzene rings is 2. The summed E-state index contributed by atoms with van der Waals surface area (Å²) in [7, 11) is -3.71. The van der Waals surface area contributed by atoms with E-state index in [2.05, 4.69) is 10.2 Å². The number of nitrogens with one attached hydrogen (secondary N) is 1. The Morgan fingerprint density at radius 1 is 0.886 bits per heavy atom. The van der Waals surface area contributed by atoms with Crippen molar-refractivity contribution in [1.29, 1.82) is 0 Å². The van der Waals surface area contributed by atoms with E-state index in [4.69, 9.17) is 18.9 Å². The Hall–Kier alpha value is -3.12. The molecule has 35 heavy (non-hydrogen) atoms. The van der Waals surface area contributed by atoms with Crippen LogP contribution >= 0.6 is 0 Å². The number of sulfonamides is 1. The molecular weight excluding hydrogens is 474 g/mol. The summed E-state index contributed by atoms with van der Waals surface area (Å²) < 4.78 is 49.2. The van der Waals surface area contributed by atoms with Crippen LogP contribution in [0.15, 0.2) is 47.4 Å². The van der Waals surface area contributed by atoms with E-state index >= 15 is 0 Å². The molecule has 0 atom stereocenters. The second-order valence-electron chi connectivity index (χ2n) is 8.23. The topological polar surface area (TPSA) is 107 Å². The van der Waals surface area contributed by atoms with Crippen LogP contribution in [0.4, 0.5) is 11.4 Å². The zero-order chi connectivity index (χ0) is 24.3. The maximum atomic E-state index is 13.2. The second-order valence-corrected chi connectivity index (χ2v) is 10.2. The number of anilines is 2. The van der Waals surface area contributed by atoms with E-state index in [0.717, 1.165) is 11.3 Å². The fourth-order valence-corrected chi connectivity index (χ4v) is 5.59. The van der Waals surface area contributed by atoms with Gasteiger partial charge in [0.05, 0.1) is 42.7 Å². The molecule has 1 amide bonds. The predicted octanol–water partition coefficient (Wildman–Crippen LogP) is 1.92. The van der Waals surface area contributed by atoms with Gasteiger partial charge in [-0.05, 0) is 42.0 Å². The van der Waals surface area contributed by atoms with Gasteiger partial charge in [0.25, 0.3) is 0 Å². The van der Waals surface area contributed by atoms with Gasteiger partial charge >= 0.3 is 0 Å². The average molecular weight is 502 g/mol. The third-order valence-electron chi connectivity index (χ3n) is 6.01. The number of hydrogen-bond acceptors (Lipinski definition) is 8. The van der Waals surface area contributed by atoms with Gasteiger partial charge in [-0.15, -0.1) is 0 Å². The van der Waals surface area contributed by atoms with Crippen molar-refractivity contribution in [3.63, 3.8) is 0 Å². The molecule has 186 valence electrons. The number of rotatable bonds is 6. The van der Waals surface area contributed by atoms with Crippen LogP contribution in [-0.4, -0.2) is 78.0 Å². The summed E-state index contributed by atoms with van der Waals surface area (Å²) in [5.74, 6) is 0.918. The van der Waals surface area contributed by atoms with Crippen LogP contribution in [0, 0.1) is 0 Å². The average Bonchev–Trinajstić information content (AvgIpc) is 3.36. The van der Waals surface area contributed by atoms with Gasteiger partial charge in [0.1, 0.15) is 0 Å². The highest BCUT2D eigenvalue weighted by molar-refractivity contribution is 7.89. The van der Waals surface area contributed by atoms with Crippen molar-refractivity contribution in [2.45, 2.75) is 4.90 Å². The Kier molecular flexibility index (Phi) is 6.91. The quantitative estimate of drug-likeness (QED) is 0.599. The molecule has 2 aromatic carbocycles. The van der Waals surface area contributed by atoms with Gasteiger partial charge in [0.2, 0.25) is 22.7 Å². The molecule has 0 unspecified atom stereocenters. The van der Waals surface area contributed by atoms with Crippen LogP contribution in [0.1, 0.15) is 5.56 Å². The Bertz CT molecular complexity index is 1220. The largest absolute Gasteiger partial charge is 0.454 e. The minimum atomic E-state index is -3.71. The van der Waals surface area contributed by atoms with Crippen LogP contribution < -0.4 is 19.7 Å². The molecule has 0 spiro atoms. The lowest BCUT2D eigenvalue weighted by atomic mass is 10.2. The molecule has 0 bridgehead atoms. The molecular formula is C24H27N3O7S. The van der Waals surface area contributed by atoms with Crippen LogP contribution in [-0.2, 0) is 24.3 Å². The summed E-state index contributed by atoms with van der Waals surface area (Å²) in [5, 5.41) is 2.87. The van der Waals surface area contributed by atoms with Gasteiger partial charge in [-0.3, -0.25) is 4.79 Å². The molecule has 0 aromatic heterocycles. The summed E-state index contributed by atoms with van der Waals surface area (Å²) in [6, 6.07) is 10.3. The molecule has 0 aliphatic carbocycles. The number of hydrogen-bond donors (Lipinski definition) is 1. The van der Waals surface area contributed by atoms with Crippen LogP contribution in [0.2, 0.25) is 0 Å². The zero-order valence-electron chi connectivity index (χ0n) is 19.1. The molecule has 3 aliphatic rings. The zero-order valence-corrected chi connectivity index (χ0v) is 20.0. The van der Waals surface area contributed by atoms with Gasteiger partial charge in [0.15, 0.2) is 11.5 Å². The molecule has 0 radical (unpaired) electrons. The van der Waals surface area contributed by atoms with Crippen molar-refractivity contribution in [1.82, 2.24) is 4.31 Å². The normalized spacial score (nSPS) is 18.7. The SMILES string of the molecule is O=C(/C=C/c1ccc2c(c1)OCO2)Nc1cc(S(=O)(=O)N2CCOCC2)ccc1N1CCOCC1. The highest BCUT2D eigenvalue weighted by Gasteiger charge is 2.28. The van der Waals surface area contributed by atoms with Crippen molar-refractivity contribution in [3.8, 4) is 11.5 Å². The number of nitrogens with zero attached hydrogens (tertiary/aromatic N) is 2. The van der Waals surface area contributed by atoms with E-state index < -0.39 is 10.0 Å². The predicted molar refractivity (Wildman–Crippen MR) is 129 cm³/mol. The van der Waals surface area contributed by atoms with Crippen molar-refractivity contribution in [2.24, 2.45) is 0 Å². The van der Waals surface area contributed by atoms with E-state index in [1.54, 1.807) is 30.3 Å². The first-order chi connectivity index (χ1) is 17.0. The first-order valence-electron chi connectivity index (χ1n) is 11.4. The van der Waals surface area contributed by atoms with Gasteiger partial charge in [-0.25, -0.2) is 8.42 Å². The van der Waals surface area contributed by atoms with Crippen molar-refractivity contribution in [2.75, 3.05) is 69.6 Å². The standard InChI is InChI=1S/C24H27N3O7S/c28-24(6-2-18-1-5-22-23(15-18)34-17-33-22)25-20-16-19(35(29,30)27-9-13-32-14-10-27)3-4-21(20)26-7-11-31-12-8-26/h1-6,15-16H,7-14,17H2,(H,25,28)/b6-2+. The summed E-state index contributed by atoms with van der Waals surface area (Å²) in [5.41, 5.74) is 1.96. The smallest absolute Gasteiger partial charge is 0.248 e. The molecule has 2 aromatic rings. The molecule has 3 heterocycles. The van der Waals surface area contributed by atoms with Crippen LogP contribution in [0.25, 0.3) is 6.08 Å². The lowest BCUT2D eigenvalue weighted by Crippen LogP contribution is -2.40.